The first-order valence-electron chi connectivity index (χ1n) is 9.58. The summed E-state index contributed by atoms with van der Waals surface area (Å²) >= 11 is 0. The highest BCUT2D eigenvalue weighted by molar-refractivity contribution is 6.02. The Kier molecular flexibility index (Phi) is 7.11. The Hall–Kier alpha value is -3.73. The third-order valence-electron chi connectivity index (χ3n) is 4.62. The third kappa shape index (κ3) is 5.41. The van der Waals surface area contributed by atoms with Crippen molar-refractivity contribution in [1.82, 2.24) is 0 Å². The second kappa shape index (κ2) is 10.2. The summed E-state index contributed by atoms with van der Waals surface area (Å²) in [4.78, 5) is 12.3. The lowest BCUT2D eigenvalue weighted by Gasteiger charge is -2.12. The molecule has 0 radical (unpaired) electrons. The van der Waals surface area contributed by atoms with Crippen molar-refractivity contribution >= 4 is 17.7 Å². The summed E-state index contributed by atoms with van der Waals surface area (Å²) in [6.45, 7) is 2.51. The number of hydrogen-bond donors (Lipinski definition) is 1. The molecule has 1 amide bonds. The quantitative estimate of drug-likeness (QED) is 0.523. The highest BCUT2D eigenvalue weighted by Gasteiger charge is 2.07. The van der Waals surface area contributed by atoms with Crippen LogP contribution < -0.4 is 19.5 Å². The topological polar surface area (TPSA) is 56.8 Å². The van der Waals surface area contributed by atoms with Gasteiger partial charge in [-0.1, -0.05) is 42.5 Å². The molecule has 0 spiro atoms. The van der Waals surface area contributed by atoms with Crippen LogP contribution in [0.4, 0.5) is 5.69 Å². The number of carbonyl (C=O) groups is 1. The van der Waals surface area contributed by atoms with Crippen LogP contribution in [0.2, 0.25) is 0 Å². The second-order valence-electron chi connectivity index (χ2n) is 6.65. The monoisotopic (exact) mass is 403 g/mol. The van der Waals surface area contributed by atoms with Crippen molar-refractivity contribution < 1.29 is 19.0 Å². The molecule has 1 N–H and O–H groups in total. The van der Waals surface area contributed by atoms with Crippen LogP contribution in [0.5, 0.6) is 17.2 Å². The second-order valence-corrected chi connectivity index (χ2v) is 6.65. The van der Waals surface area contributed by atoms with Crippen LogP contribution in [-0.4, -0.2) is 20.1 Å². The van der Waals surface area contributed by atoms with E-state index in [0.717, 1.165) is 11.1 Å². The van der Waals surface area contributed by atoms with E-state index in [1.54, 1.807) is 32.4 Å². The molecule has 30 heavy (non-hydrogen) atoms. The lowest BCUT2D eigenvalue weighted by molar-refractivity contribution is -0.111. The molecule has 3 rings (SSSR count). The standard InChI is InChI=1S/C25H25NO4/c1-18-8-4-5-9-20(18)17-30-23-14-12-19(16-24(23)29-3)13-15-25(27)26-21-10-6-7-11-22(21)28-2/h4-16H,17H2,1-3H3,(H,26,27)/b15-13+. The van der Waals surface area contributed by atoms with Crippen LogP contribution in [0.25, 0.3) is 6.08 Å². The molecule has 0 aromatic heterocycles. The highest BCUT2D eigenvalue weighted by Crippen LogP contribution is 2.29. The minimum absolute atomic E-state index is 0.252. The van der Waals surface area contributed by atoms with Gasteiger partial charge in [0.25, 0.3) is 0 Å². The van der Waals surface area contributed by atoms with E-state index in [-0.39, 0.29) is 5.91 Å². The van der Waals surface area contributed by atoms with Gasteiger partial charge in [0.15, 0.2) is 11.5 Å². The lowest BCUT2D eigenvalue weighted by atomic mass is 10.1. The summed E-state index contributed by atoms with van der Waals surface area (Å²) in [5, 5.41) is 2.81. The van der Waals surface area contributed by atoms with E-state index in [0.29, 0.717) is 29.5 Å². The smallest absolute Gasteiger partial charge is 0.248 e. The number of ether oxygens (including phenoxy) is 3. The lowest BCUT2D eigenvalue weighted by Crippen LogP contribution is -2.08. The summed E-state index contributed by atoms with van der Waals surface area (Å²) < 4.78 is 16.6. The van der Waals surface area contributed by atoms with E-state index >= 15 is 0 Å². The van der Waals surface area contributed by atoms with Crippen molar-refractivity contribution in [3.05, 3.63) is 89.5 Å². The van der Waals surface area contributed by atoms with Gasteiger partial charge in [-0.15, -0.1) is 0 Å². The molecule has 0 saturated carbocycles. The van der Waals surface area contributed by atoms with Gasteiger partial charge in [0, 0.05) is 6.08 Å². The number of methoxy groups -OCH3 is 2. The fourth-order valence-electron chi connectivity index (χ4n) is 2.93. The zero-order chi connectivity index (χ0) is 21.3. The largest absolute Gasteiger partial charge is 0.495 e. The number of rotatable bonds is 8. The first-order valence-corrected chi connectivity index (χ1v) is 9.58. The average molecular weight is 403 g/mol. The molecule has 0 unspecified atom stereocenters. The van der Waals surface area contributed by atoms with Gasteiger partial charge in [-0.3, -0.25) is 4.79 Å². The van der Waals surface area contributed by atoms with Crippen LogP contribution in [-0.2, 0) is 11.4 Å². The molecule has 0 aliphatic rings. The molecule has 5 heteroatoms. The van der Waals surface area contributed by atoms with Gasteiger partial charge in [-0.25, -0.2) is 0 Å². The Morgan fingerprint density at radius 3 is 2.40 bits per heavy atom. The van der Waals surface area contributed by atoms with Gasteiger partial charge >= 0.3 is 0 Å². The third-order valence-corrected chi connectivity index (χ3v) is 4.62. The molecule has 3 aromatic carbocycles. The molecule has 0 aliphatic heterocycles. The van der Waals surface area contributed by atoms with Gasteiger partial charge in [0.05, 0.1) is 19.9 Å². The SMILES string of the molecule is COc1ccccc1NC(=O)/C=C/c1ccc(OCc2ccccc2C)c(OC)c1. The number of nitrogens with one attached hydrogen (secondary N) is 1. The molecule has 5 nitrogen and oxygen atoms in total. The van der Waals surface area contributed by atoms with Gasteiger partial charge in [0.1, 0.15) is 12.4 Å². The van der Waals surface area contributed by atoms with E-state index in [1.165, 1.54) is 11.6 Å². The Morgan fingerprint density at radius 2 is 1.63 bits per heavy atom. The molecule has 0 fully saturated rings. The molecule has 0 heterocycles. The normalized spacial score (nSPS) is 10.6. The van der Waals surface area contributed by atoms with Crippen LogP contribution in [0.1, 0.15) is 16.7 Å². The van der Waals surface area contributed by atoms with Gasteiger partial charge in [0.2, 0.25) is 5.91 Å². The summed E-state index contributed by atoms with van der Waals surface area (Å²) in [5.74, 6) is 1.61. The molecule has 0 aliphatic carbocycles. The summed E-state index contributed by atoms with van der Waals surface area (Å²) in [6, 6.07) is 20.9. The van der Waals surface area contributed by atoms with Crippen molar-refractivity contribution in [2.45, 2.75) is 13.5 Å². The van der Waals surface area contributed by atoms with Crippen molar-refractivity contribution in [2.24, 2.45) is 0 Å². The Bertz CT molecular complexity index is 1040. The van der Waals surface area contributed by atoms with Gasteiger partial charge in [-0.2, -0.15) is 0 Å². The molecule has 3 aromatic rings. The number of para-hydroxylation sites is 2. The highest BCUT2D eigenvalue weighted by atomic mass is 16.5. The summed E-state index contributed by atoms with van der Waals surface area (Å²) in [7, 11) is 3.16. The van der Waals surface area contributed by atoms with Gasteiger partial charge < -0.3 is 19.5 Å². The predicted octanol–water partition coefficient (Wildman–Crippen LogP) is 5.24. The summed E-state index contributed by atoms with van der Waals surface area (Å²) in [5.41, 5.74) is 3.74. The van der Waals surface area contributed by atoms with E-state index < -0.39 is 0 Å². The number of hydrogen-bond acceptors (Lipinski definition) is 4. The molecule has 0 saturated heterocycles. The van der Waals surface area contributed by atoms with E-state index in [2.05, 4.69) is 18.3 Å². The molecule has 0 atom stereocenters. The maximum absolute atomic E-state index is 12.3. The number of anilines is 1. The maximum atomic E-state index is 12.3. The van der Waals surface area contributed by atoms with E-state index in [4.69, 9.17) is 14.2 Å². The summed E-state index contributed by atoms with van der Waals surface area (Å²) in [6.07, 6.45) is 3.19. The van der Waals surface area contributed by atoms with Crippen LogP contribution in [0.15, 0.2) is 72.8 Å². The first kappa shape index (κ1) is 21.0. The predicted molar refractivity (Wildman–Crippen MR) is 119 cm³/mol. The Balaban J connectivity index is 1.66. The minimum atomic E-state index is -0.252. The zero-order valence-corrected chi connectivity index (χ0v) is 17.3. The molecule has 154 valence electrons. The zero-order valence-electron chi connectivity index (χ0n) is 17.3. The van der Waals surface area contributed by atoms with Crippen molar-refractivity contribution in [1.29, 1.82) is 0 Å². The molecule has 0 bridgehead atoms. The number of benzene rings is 3. The van der Waals surface area contributed by atoms with Crippen molar-refractivity contribution in [3.63, 3.8) is 0 Å². The van der Waals surface area contributed by atoms with Crippen molar-refractivity contribution in [2.75, 3.05) is 19.5 Å². The molecular formula is C25H25NO4. The van der Waals surface area contributed by atoms with E-state index in [1.807, 2.05) is 48.5 Å². The Labute approximate surface area is 176 Å². The van der Waals surface area contributed by atoms with Gasteiger partial charge in [-0.05, 0) is 54.0 Å². The van der Waals surface area contributed by atoms with Crippen LogP contribution in [0, 0.1) is 6.92 Å². The Morgan fingerprint density at radius 1 is 0.900 bits per heavy atom. The number of aryl methyl sites for hydroxylation is 1. The average Bonchev–Trinajstić information content (AvgIpc) is 2.77. The van der Waals surface area contributed by atoms with Crippen LogP contribution in [0.3, 0.4) is 0 Å². The molecular weight excluding hydrogens is 378 g/mol. The van der Waals surface area contributed by atoms with E-state index in [9.17, 15) is 4.79 Å². The first-order chi connectivity index (χ1) is 14.6. The number of amides is 1. The van der Waals surface area contributed by atoms with Crippen LogP contribution >= 0.6 is 0 Å². The van der Waals surface area contributed by atoms with Crippen molar-refractivity contribution in [3.8, 4) is 17.2 Å². The minimum Gasteiger partial charge on any atom is -0.495 e. The fourth-order valence-corrected chi connectivity index (χ4v) is 2.93. The number of carbonyl (C=O) groups excluding carboxylic acids is 1. The maximum Gasteiger partial charge on any atom is 0.248 e. The fraction of sp³-hybridized carbons (Fsp3) is 0.160.